The number of fused-ring (bicyclic) bond motifs is 1. The van der Waals surface area contributed by atoms with Gasteiger partial charge in [0, 0.05) is 24.1 Å². The molecule has 2 aromatic carbocycles. The van der Waals surface area contributed by atoms with E-state index in [1.807, 2.05) is 30.3 Å². The maximum Gasteiger partial charge on any atom is 0.137 e. The van der Waals surface area contributed by atoms with E-state index < -0.39 is 0 Å². The van der Waals surface area contributed by atoms with Crippen molar-refractivity contribution >= 4 is 15.9 Å². The van der Waals surface area contributed by atoms with Crippen molar-refractivity contribution in [1.82, 2.24) is 5.32 Å². The Bertz CT molecular complexity index is 646. The molecule has 1 heterocycles. The number of hydrogen-bond donors (Lipinski definition) is 1. The third-order valence-electron chi connectivity index (χ3n) is 3.85. The minimum absolute atomic E-state index is 0.137. The second-order valence-electron chi connectivity index (χ2n) is 5.29. The van der Waals surface area contributed by atoms with Crippen LogP contribution in [0, 0.1) is 5.82 Å². The third kappa shape index (κ3) is 3.11. The molecule has 0 saturated carbocycles. The molecule has 0 radical (unpaired) electrons. The zero-order chi connectivity index (χ0) is 14.8. The minimum Gasteiger partial charge on any atom is -0.493 e. The normalized spacial score (nSPS) is 18.7. The van der Waals surface area contributed by atoms with Crippen LogP contribution in [0.15, 0.2) is 46.9 Å². The molecule has 2 nitrogen and oxygen atoms in total. The summed E-state index contributed by atoms with van der Waals surface area (Å²) in [4.78, 5) is 0. The van der Waals surface area contributed by atoms with Crippen LogP contribution in [0.1, 0.15) is 36.6 Å². The maximum atomic E-state index is 13.3. The van der Waals surface area contributed by atoms with E-state index in [-0.39, 0.29) is 17.9 Å². The quantitative estimate of drug-likeness (QED) is 0.862. The smallest absolute Gasteiger partial charge is 0.137 e. The van der Waals surface area contributed by atoms with E-state index in [1.54, 1.807) is 0 Å². The van der Waals surface area contributed by atoms with Crippen LogP contribution in [0.2, 0.25) is 0 Å². The van der Waals surface area contributed by atoms with Crippen molar-refractivity contribution in [2.24, 2.45) is 0 Å². The molecule has 4 heteroatoms. The van der Waals surface area contributed by atoms with Gasteiger partial charge in [0.25, 0.3) is 0 Å². The van der Waals surface area contributed by atoms with E-state index >= 15 is 0 Å². The number of nitrogens with one attached hydrogen (secondary N) is 1. The van der Waals surface area contributed by atoms with E-state index in [9.17, 15) is 4.39 Å². The molecule has 2 unspecified atom stereocenters. The summed E-state index contributed by atoms with van der Waals surface area (Å²) >= 11 is 3.24. The average Bonchev–Trinajstić information content (AvgIpc) is 2.50. The third-order valence-corrected chi connectivity index (χ3v) is 4.46. The molecule has 21 heavy (non-hydrogen) atoms. The number of rotatable bonds is 3. The molecule has 2 atom stereocenters. The summed E-state index contributed by atoms with van der Waals surface area (Å²) in [6.45, 7) is 2.81. The van der Waals surface area contributed by atoms with Gasteiger partial charge in [-0.3, -0.25) is 0 Å². The van der Waals surface area contributed by atoms with E-state index in [2.05, 4.69) is 34.2 Å². The zero-order valence-corrected chi connectivity index (χ0v) is 13.4. The molecular formula is C17H17BrFNO. The van der Waals surface area contributed by atoms with Gasteiger partial charge in [-0.15, -0.1) is 0 Å². The Balaban J connectivity index is 1.79. The second-order valence-corrected chi connectivity index (χ2v) is 6.14. The molecule has 0 fully saturated rings. The molecule has 3 rings (SSSR count). The Morgan fingerprint density at radius 3 is 2.90 bits per heavy atom. The average molecular weight is 350 g/mol. The van der Waals surface area contributed by atoms with Gasteiger partial charge < -0.3 is 10.1 Å². The Kier molecular flexibility index (Phi) is 4.27. The number of para-hydroxylation sites is 1. The number of hydrogen-bond acceptors (Lipinski definition) is 2. The first-order valence-corrected chi connectivity index (χ1v) is 7.87. The Hall–Kier alpha value is -1.39. The molecule has 0 spiro atoms. The van der Waals surface area contributed by atoms with Gasteiger partial charge in [0.05, 0.1) is 11.1 Å². The topological polar surface area (TPSA) is 21.3 Å². The summed E-state index contributed by atoms with van der Waals surface area (Å²) in [5.74, 6) is 0.719. The van der Waals surface area contributed by atoms with Crippen LogP contribution < -0.4 is 10.1 Å². The number of ether oxygens (including phenoxy) is 1. The highest BCUT2D eigenvalue weighted by molar-refractivity contribution is 9.10. The minimum atomic E-state index is -0.234. The monoisotopic (exact) mass is 349 g/mol. The van der Waals surface area contributed by atoms with Crippen molar-refractivity contribution in [2.45, 2.75) is 25.4 Å². The SMILES string of the molecule is CC(NC1CCOc2ccccc21)c1ccc(F)c(Br)c1. The van der Waals surface area contributed by atoms with Gasteiger partial charge in [-0.25, -0.2) is 4.39 Å². The van der Waals surface area contributed by atoms with E-state index in [4.69, 9.17) is 4.74 Å². The van der Waals surface area contributed by atoms with Gasteiger partial charge in [0.2, 0.25) is 0 Å². The molecule has 0 aliphatic carbocycles. The fourth-order valence-corrected chi connectivity index (χ4v) is 3.09. The van der Waals surface area contributed by atoms with Crippen molar-refractivity contribution in [1.29, 1.82) is 0 Å². The summed E-state index contributed by atoms with van der Waals surface area (Å²) in [6, 6.07) is 13.7. The molecule has 1 aliphatic rings. The number of halogens is 2. The Morgan fingerprint density at radius 2 is 2.10 bits per heavy atom. The highest BCUT2D eigenvalue weighted by Crippen LogP contribution is 2.33. The lowest BCUT2D eigenvalue weighted by Crippen LogP contribution is -2.29. The predicted octanol–water partition coefficient (Wildman–Crippen LogP) is 4.76. The molecule has 0 aromatic heterocycles. The molecule has 110 valence electrons. The van der Waals surface area contributed by atoms with Gasteiger partial charge in [0.15, 0.2) is 0 Å². The van der Waals surface area contributed by atoms with Crippen LogP contribution in [-0.4, -0.2) is 6.61 Å². The van der Waals surface area contributed by atoms with Crippen molar-refractivity contribution in [3.63, 3.8) is 0 Å². The van der Waals surface area contributed by atoms with E-state index in [0.29, 0.717) is 11.1 Å². The lowest BCUT2D eigenvalue weighted by molar-refractivity contribution is 0.246. The zero-order valence-electron chi connectivity index (χ0n) is 11.8. The summed E-state index contributed by atoms with van der Waals surface area (Å²) in [7, 11) is 0. The first-order chi connectivity index (χ1) is 10.1. The number of benzene rings is 2. The van der Waals surface area contributed by atoms with Crippen molar-refractivity contribution in [2.75, 3.05) is 6.61 Å². The maximum absolute atomic E-state index is 13.3. The molecule has 0 saturated heterocycles. The van der Waals surface area contributed by atoms with E-state index in [0.717, 1.165) is 17.7 Å². The summed E-state index contributed by atoms with van der Waals surface area (Å²) < 4.78 is 19.5. The molecule has 2 aromatic rings. The van der Waals surface area contributed by atoms with Gasteiger partial charge >= 0.3 is 0 Å². The van der Waals surface area contributed by atoms with Crippen LogP contribution in [0.4, 0.5) is 4.39 Å². The molecule has 1 aliphatic heterocycles. The first-order valence-electron chi connectivity index (χ1n) is 7.08. The van der Waals surface area contributed by atoms with Crippen LogP contribution in [0.5, 0.6) is 5.75 Å². The fourth-order valence-electron chi connectivity index (χ4n) is 2.69. The van der Waals surface area contributed by atoms with E-state index in [1.165, 1.54) is 11.6 Å². The Morgan fingerprint density at radius 1 is 1.29 bits per heavy atom. The standard InChI is InChI=1S/C17H17BrFNO/c1-11(12-6-7-15(19)14(18)10-12)20-16-8-9-21-17-5-3-2-4-13(16)17/h2-7,10-11,16,20H,8-9H2,1H3. The summed E-state index contributed by atoms with van der Waals surface area (Å²) in [6.07, 6.45) is 0.934. The fraction of sp³-hybridized carbons (Fsp3) is 0.294. The largest absolute Gasteiger partial charge is 0.493 e. The second kappa shape index (κ2) is 6.16. The molecule has 0 amide bonds. The molecule has 1 N–H and O–H groups in total. The van der Waals surface area contributed by atoms with Gasteiger partial charge in [-0.1, -0.05) is 24.3 Å². The van der Waals surface area contributed by atoms with Crippen molar-refractivity contribution in [3.8, 4) is 5.75 Å². The predicted molar refractivity (Wildman–Crippen MR) is 84.9 cm³/mol. The van der Waals surface area contributed by atoms with Gasteiger partial charge in [0.1, 0.15) is 11.6 Å². The van der Waals surface area contributed by atoms with Crippen molar-refractivity contribution in [3.05, 3.63) is 63.9 Å². The van der Waals surface area contributed by atoms with Crippen molar-refractivity contribution < 1.29 is 9.13 Å². The summed E-state index contributed by atoms with van der Waals surface area (Å²) in [5, 5.41) is 3.61. The van der Waals surface area contributed by atoms with Crippen LogP contribution in [0.3, 0.4) is 0 Å². The lowest BCUT2D eigenvalue weighted by atomic mass is 9.98. The Labute approximate surface area is 132 Å². The first kappa shape index (κ1) is 14.5. The summed E-state index contributed by atoms with van der Waals surface area (Å²) in [5.41, 5.74) is 2.25. The van der Waals surface area contributed by atoms with Gasteiger partial charge in [-0.05, 0) is 46.6 Å². The highest BCUT2D eigenvalue weighted by Gasteiger charge is 2.22. The highest BCUT2D eigenvalue weighted by atomic mass is 79.9. The molecular weight excluding hydrogens is 333 g/mol. The van der Waals surface area contributed by atoms with Gasteiger partial charge in [-0.2, -0.15) is 0 Å². The lowest BCUT2D eigenvalue weighted by Gasteiger charge is -2.29. The molecule has 0 bridgehead atoms. The van der Waals surface area contributed by atoms with Crippen LogP contribution in [0.25, 0.3) is 0 Å². The van der Waals surface area contributed by atoms with Crippen LogP contribution >= 0.6 is 15.9 Å². The van der Waals surface area contributed by atoms with Crippen LogP contribution in [-0.2, 0) is 0 Å².